The van der Waals surface area contributed by atoms with E-state index in [1.54, 1.807) is 13.0 Å². The Morgan fingerprint density at radius 3 is 2.69 bits per heavy atom. The molecule has 5 heteroatoms. The number of rotatable bonds is 2. The van der Waals surface area contributed by atoms with E-state index < -0.39 is 4.92 Å². The van der Waals surface area contributed by atoms with Crippen LogP contribution in [-0.2, 0) is 5.33 Å². The zero-order chi connectivity index (χ0) is 10.0. The standard InChI is InChI=1S/C8H7BrClNO2/c1-5-2-7(10)6(4-9)3-8(5)11(12)13/h2-3H,4H2,1H3. The van der Waals surface area contributed by atoms with Gasteiger partial charge in [-0.05, 0) is 18.6 Å². The molecule has 0 saturated carbocycles. The summed E-state index contributed by atoms with van der Waals surface area (Å²) in [7, 11) is 0. The summed E-state index contributed by atoms with van der Waals surface area (Å²) in [5.74, 6) is 0. The number of alkyl halides is 1. The van der Waals surface area contributed by atoms with Crippen LogP contribution in [0.4, 0.5) is 5.69 Å². The van der Waals surface area contributed by atoms with Crippen LogP contribution in [0.3, 0.4) is 0 Å². The van der Waals surface area contributed by atoms with Crippen LogP contribution in [0.5, 0.6) is 0 Å². The topological polar surface area (TPSA) is 43.1 Å². The molecule has 0 N–H and O–H groups in total. The highest BCUT2D eigenvalue weighted by atomic mass is 79.9. The Balaban J connectivity index is 3.30. The average Bonchev–Trinajstić information content (AvgIpc) is 2.03. The average molecular weight is 265 g/mol. The van der Waals surface area contributed by atoms with E-state index >= 15 is 0 Å². The van der Waals surface area contributed by atoms with Crippen molar-refractivity contribution < 1.29 is 4.92 Å². The fourth-order valence-electron chi connectivity index (χ4n) is 1.00. The van der Waals surface area contributed by atoms with Crippen molar-refractivity contribution in [3.8, 4) is 0 Å². The molecule has 3 nitrogen and oxygen atoms in total. The molecule has 0 spiro atoms. The Morgan fingerprint density at radius 2 is 2.23 bits per heavy atom. The van der Waals surface area contributed by atoms with Crippen LogP contribution in [0.1, 0.15) is 11.1 Å². The van der Waals surface area contributed by atoms with Gasteiger partial charge < -0.3 is 0 Å². The van der Waals surface area contributed by atoms with E-state index in [0.717, 1.165) is 5.56 Å². The van der Waals surface area contributed by atoms with E-state index in [-0.39, 0.29) is 5.69 Å². The molecule has 0 aliphatic rings. The molecule has 0 heterocycles. The van der Waals surface area contributed by atoms with E-state index in [1.807, 2.05) is 0 Å². The lowest BCUT2D eigenvalue weighted by molar-refractivity contribution is -0.385. The summed E-state index contributed by atoms with van der Waals surface area (Å²) in [5, 5.41) is 11.6. The molecule has 0 fully saturated rings. The first-order valence-electron chi connectivity index (χ1n) is 3.55. The molecule has 0 aliphatic heterocycles. The second-order valence-electron chi connectivity index (χ2n) is 2.62. The smallest absolute Gasteiger partial charge is 0.258 e. The summed E-state index contributed by atoms with van der Waals surface area (Å²) >= 11 is 9.06. The molecule has 0 aliphatic carbocycles. The van der Waals surface area contributed by atoms with Gasteiger partial charge in [0, 0.05) is 22.0 Å². The van der Waals surface area contributed by atoms with Crippen molar-refractivity contribution in [3.63, 3.8) is 0 Å². The first-order chi connectivity index (χ1) is 6.06. The Morgan fingerprint density at radius 1 is 1.62 bits per heavy atom. The van der Waals surface area contributed by atoms with E-state index in [9.17, 15) is 10.1 Å². The fraction of sp³-hybridized carbons (Fsp3) is 0.250. The summed E-state index contributed by atoms with van der Waals surface area (Å²) in [4.78, 5) is 10.1. The maximum absolute atomic E-state index is 10.5. The SMILES string of the molecule is Cc1cc(Cl)c(CBr)cc1[N+](=O)[O-]. The number of nitro groups is 1. The molecule has 0 amide bonds. The lowest BCUT2D eigenvalue weighted by Gasteiger charge is -2.02. The molecule has 0 saturated heterocycles. The molecule has 0 radical (unpaired) electrons. The quantitative estimate of drug-likeness (QED) is 0.466. The monoisotopic (exact) mass is 263 g/mol. The van der Waals surface area contributed by atoms with Crippen molar-refractivity contribution in [1.29, 1.82) is 0 Å². The Kier molecular flexibility index (Phi) is 3.27. The summed E-state index contributed by atoms with van der Waals surface area (Å²) in [6.07, 6.45) is 0. The highest BCUT2D eigenvalue weighted by Crippen LogP contribution is 2.27. The van der Waals surface area contributed by atoms with Crippen LogP contribution >= 0.6 is 27.5 Å². The molecular formula is C8H7BrClNO2. The van der Waals surface area contributed by atoms with Gasteiger partial charge in [-0.1, -0.05) is 27.5 Å². The van der Waals surface area contributed by atoms with E-state index in [4.69, 9.17) is 11.6 Å². The van der Waals surface area contributed by atoms with Gasteiger partial charge in [0.1, 0.15) is 0 Å². The third kappa shape index (κ3) is 2.19. The summed E-state index contributed by atoms with van der Waals surface area (Å²) in [6.45, 7) is 1.67. The van der Waals surface area contributed by atoms with Gasteiger partial charge >= 0.3 is 0 Å². The molecule has 1 aromatic carbocycles. The van der Waals surface area contributed by atoms with Crippen molar-refractivity contribution in [3.05, 3.63) is 38.4 Å². The van der Waals surface area contributed by atoms with Gasteiger partial charge in [0.15, 0.2) is 0 Å². The van der Waals surface area contributed by atoms with Gasteiger partial charge in [-0.3, -0.25) is 10.1 Å². The van der Waals surface area contributed by atoms with Crippen LogP contribution < -0.4 is 0 Å². The minimum atomic E-state index is -0.405. The second-order valence-corrected chi connectivity index (χ2v) is 3.59. The van der Waals surface area contributed by atoms with Crippen molar-refractivity contribution in [2.75, 3.05) is 0 Å². The van der Waals surface area contributed by atoms with Crippen LogP contribution in [-0.4, -0.2) is 4.92 Å². The predicted octanol–water partition coefficient (Wildman–Crippen LogP) is 3.45. The molecule has 1 rings (SSSR count). The number of halogens is 2. The summed E-state index contributed by atoms with van der Waals surface area (Å²) < 4.78 is 0. The minimum Gasteiger partial charge on any atom is -0.258 e. The van der Waals surface area contributed by atoms with Crippen molar-refractivity contribution >= 4 is 33.2 Å². The Hall–Kier alpha value is -0.610. The van der Waals surface area contributed by atoms with E-state index in [1.165, 1.54) is 6.07 Å². The lowest BCUT2D eigenvalue weighted by Crippen LogP contribution is -1.93. The fourth-order valence-corrected chi connectivity index (χ4v) is 1.91. The number of hydrogen-bond acceptors (Lipinski definition) is 2. The van der Waals surface area contributed by atoms with Gasteiger partial charge in [0.2, 0.25) is 0 Å². The van der Waals surface area contributed by atoms with E-state index in [0.29, 0.717) is 15.9 Å². The van der Waals surface area contributed by atoms with E-state index in [2.05, 4.69) is 15.9 Å². The highest BCUT2D eigenvalue weighted by molar-refractivity contribution is 9.08. The molecule has 0 atom stereocenters. The summed E-state index contributed by atoms with van der Waals surface area (Å²) in [5.41, 5.74) is 1.43. The van der Waals surface area contributed by atoms with Gasteiger partial charge in [-0.25, -0.2) is 0 Å². The molecule has 0 aromatic heterocycles. The minimum absolute atomic E-state index is 0.110. The van der Waals surface area contributed by atoms with Gasteiger partial charge in [0.05, 0.1) is 4.92 Å². The van der Waals surface area contributed by atoms with Gasteiger partial charge in [0.25, 0.3) is 5.69 Å². The maximum atomic E-state index is 10.5. The largest absolute Gasteiger partial charge is 0.272 e. The molecule has 0 bridgehead atoms. The van der Waals surface area contributed by atoms with Gasteiger partial charge in [-0.2, -0.15) is 0 Å². The van der Waals surface area contributed by atoms with Crippen LogP contribution in [0.2, 0.25) is 5.02 Å². The first-order valence-corrected chi connectivity index (χ1v) is 5.05. The molecule has 0 unspecified atom stereocenters. The number of hydrogen-bond donors (Lipinski definition) is 0. The number of benzene rings is 1. The summed E-state index contributed by atoms with van der Waals surface area (Å²) in [6, 6.07) is 3.10. The first kappa shape index (κ1) is 10.5. The number of nitrogens with zero attached hydrogens (tertiary/aromatic N) is 1. The van der Waals surface area contributed by atoms with Gasteiger partial charge in [-0.15, -0.1) is 0 Å². The van der Waals surface area contributed by atoms with Crippen molar-refractivity contribution in [2.24, 2.45) is 0 Å². The molecule has 1 aromatic rings. The Bertz CT molecular complexity index is 354. The second kappa shape index (κ2) is 4.07. The lowest BCUT2D eigenvalue weighted by atomic mass is 10.1. The molecular weight excluding hydrogens is 257 g/mol. The zero-order valence-electron chi connectivity index (χ0n) is 6.88. The Labute approximate surface area is 89.0 Å². The third-order valence-corrected chi connectivity index (χ3v) is 2.66. The molecule has 13 heavy (non-hydrogen) atoms. The normalized spacial score (nSPS) is 10.1. The maximum Gasteiger partial charge on any atom is 0.272 e. The third-order valence-electron chi connectivity index (χ3n) is 1.71. The zero-order valence-corrected chi connectivity index (χ0v) is 9.22. The number of aryl methyl sites for hydroxylation is 1. The van der Waals surface area contributed by atoms with Crippen molar-refractivity contribution in [1.82, 2.24) is 0 Å². The highest BCUT2D eigenvalue weighted by Gasteiger charge is 2.13. The predicted molar refractivity (Wildman–Crippen MR) is 55.5 cm³/mol. The molecule has 70 valence electrons. The van der Waals surface area contributed by atoms with Crippen LogP contribution in [0.15, 0.2) is 12.1 Å². The number of nitro benzene ring substituents is 1. The van der Waals surface area contributed by atoms with Crippen molar-refractivity contribution in [2.45, 2.75) is 12.3 Å². The van der Waals surface area contributed by atoms with Crippen LogP contribution in [0.25, 0.3) is 0 Å². The van der Waals surface area contributed by atoms with Crippen LogP contribution in [0, 0.1) is 17.0 Å².